The summed E-state index contributed by atoms with van der Waals surface area (Å²) in [6, 6.07) is 6.92. The van der Waals surface area contributed by atoms with Gasteiger partial charge in [0.05, 0.1) is 24.0 Å². The Bertz CT molecular complexity index is 867. The fraction of sp³-hybridized carbons (Fsp3) is 0.316. The molecule has 27 heavy (non-hydrogen) atoms. The van der Waals surface area contributed by atoms with Gasteiger partial charge in [0, 0.05) is 17.6 Å². The van der Waals surface area contributed by atoms with Gasteiger partial charge in [0.1, 0.15) is 12.3 Å². The molecule has 7 nitrogen and oxygen atoms in total. The van der Waals surface area contributed by atoms with Crippen molar-refractivity contribution in [1.82, 2.24) is 9.97 Å². The molecule has 1 N–H and O–H groups in total. The molecule has 0 aliphatic heterocycles. The summed E-state index contributed by atoms with van der Waals surface area (Å²) in [5.41, 5.74) is 0.897. The Morgan fingerprint density at radius 2 is 2.11 bits per heavy atom. The van der Waals surface area contributed by atoms with Gasteiger partial charge in [-0.3, -0.25) is 10.1 Å². The predicted octanol–water partition coefficient (Wildman–Crippen LogP) is 4.24. The van der Waals surface area contributed by atoms with E-state index in [4.69, 9.17) is 13.9 Å². The van der Waals surface area contributed by atoms with Crippen LogP contribution in [0.5, 0.6) is 5.88 Å². The molecule has 0 aliphatic carbocycles. The summed E-state index contributed by atoms with van der Waals surface area (Å²) < 4.78 is 16.4. The lowest BCUT2D eigenvalue weighted by atomic mass is 10.2. The van der Waals surface area contributed by atoms with E-state index in [1.165, 1.54) is 17.5 Å². The molecular formula is C19H21N3O4S. The number of anilines is 1. The minimum absolute atomic E-state index is 0.203. The molecule has 0 spiro atoms. The van der Waals surface area contributed by atoms with E-state index in [-0.39, 0.29) is 11.5 Å². The number of pyridine rings is 1. The molecule has 3 heterocycles. The van der Waals surface area contributed by atoms with Crippen LogP contribution >= 0.6 is 11.3 Å². The Morgan fingerprint density at radius 1 is 1.26 bits per heavy atom. The number of carbonyl (C=O) groups is 1. The second-order valence-electron chi connectivity index (χ2n) is 6.66. The first-order valence-electron chi connectivity index (χ1n) is 8.44. The summed E-state index contributed by atoms with van der Waals surface area (Å²) in [6.45, 7) is 6.82. The summed E-state index contributed by atoms with van der Waals surface area (Å²) in [5.74, 6) is 0.814. The lowest BCUT2D eigenvalue weighted by Gasteiger charge is -2.19. The Kier molecular flexibility index (Phi) is 5.88. The van der Waals surface area contributed by atoms with Gasteiger partial charge in [-0.1, -0.05) is 0 Å². The van der Waals surface area contributed by atoms with Crippen LogP contribution in [0.1, 0.15) is 31.1 Å². The number of carbonyl (C=O) groups excluding carboxylic acids is 1. The van der Waals surface area contributed by atoms with Crippen LogP contribution in [0.25, 0.3) is 11.5 Å². The number of hydrogen-bond donors (Lipinski definition) is 1. The summed E-state index contributed by atoms with van der Waals surface area (Å²) in [5, 5.41) is 5.07. The van der Waals surface area contributed by atoms with Crippen molar-refractivity contribution in [2.24, 2.45) is 0 Å². The largest absolute Gasteiger partial charge is 0.475 e. The van der Waals surface area contributed by atoms with Crippen LogP contribution in [0.15, 0.2) is 46.5 Å². The molecule has 0 fully saturated rings. The summed E-state index contributed by atoms with van der Waals surface area (Å²) >= 11 is 1.33. The van der Waals surface area contributed by atoms with Crippen molar-refractivity contribution in [3.8, 4) is 17.3 Å². The predicted molar refractivity (Wildman–Crippen MR) is 103 cm³/mol. The highest BCUT2D eigenvalue weighted by atomic mass is 32.1. The molecule has 3 aromatic rings. The van der Waals surface area contributed by atoms with E-state index in [1.807, 2.05) is 32.2 Å². The van der Waals surface area contributed by atoms with Crippen LogP contribution in [-0.4, -0.2) is 34.7 Å². The van der Waals surface area contributed by atoms with Gasteiger partial charge >= 0.3 is 0 Å². The topological polar surface area (TPSA) is 86.5 Å². The zero-order valence-electron chi connectivity index (χ0n) is 15.4. The Hall–Kier alpha value is -2.71. The molecule has 3 aromatic heterocycles. The van der Waals surface area contributed by atoms with E-state index in [9.17, 15) is 4.79 Å². The number of thiazole rings is 1. The van der Waals surface area contributed by atoms with Crippen molar-refractivity contribution in [3.63, 3.8) is 0 Å². The maximum Gasteiger partial charge on any atom is 0.259 e. The van der Waals surface area contributed by atoms with Gasteiger partial charge in [-0.25, -0.2) is 9.97 Å². The van der Waals surface area contributed by atoms with Crippen LogP contribution in [0.3, 0.4) is 0 Å². The van der Waals surface area contributed by atoms with Crippen LogP contribution in [0.2, 0.25) is 0 Å². The number of amides is 1. The van der Waals surface area contributed by atoms with E-state index in [0.29, 0.717) is 41.2 Å². The van der Waals surface area contributed by atoms with Gasteiger partial charge in [-0.15, -0.1) is 11.3 Å². The molecule has 0 atom stereocenters. The second kappa shape index (κ2) is 8.32. The standard InChI is InChI=1S/C19H21N3O4S/c1-19(2,3)26-10-9-25-16-7-6-13(11-20-16)17(23)22-18-21-14(12-27-18)15-5-4-8-24-15/h4-8,11-12H,9-10H2,1-3H3,(H,21,22,23). The SMILES string of the molecule is CC(C)(C)OCCOc1ccc(C(=O)Nc2nc(-c3ccco3)cs2)cn1. The van der Waals surface area contributed by atoms with E-state index in [0.717, 1.165) is 0 Å². The zero-order chi connectivity index (χ0) is 19.3. The normalized spacial score (nSPS) is 11.4. The molecule has 8 heteroatoms. The number of furan rings is 1. The highest BCUT2D eigenvalue weighted by Gasteiger charge is 2.12. The quantitative estimate of drug-likeness (QED) is 0.610. The molecular weight excluding hydrogens is 366 g/mol. The van der Waals surface area contributed by atoms with Crippen LogP contribution in [0, 0.1) is 0 Å². The fourth-order valence-electron chi connectivity index (χ4n) is 2.13. The molecule has 1 amide bonds. The average Bonchev–Trinajstić information content (AvgIpc) is 3.30. The van der Waals surface area contributed by atoms with Gasteiger partial charge < -0.3 is 13.9 Å². The molecule has 0 radical (unpaired) electrons. The fourth-order valence-corrected chi connectivity index (χ4v) is 2.83. The smallest absolute Gasteiger partial charge is 0.259 e. The number of ether oxygens (including phenoxy) is 2. The molecule has 0 aliphatic rings. The average molecular weight is 387 g/mol. The third-order valence-electron chi connectivity index (χ3n) is 3.37. The van der Waals surface area contributed by atoms with E-state index in [2.05, 4.69) is 15.3 Å². The van der Waals surface area contributed by atoms with Crippen molar-refractivity contribution in [3.05, 3.63) is 47.7 Å². The van der Waals surface area contributed by atoms with Crippen LogP contribution < -0.4 is 10.1 Å². The van der Waals surface area contributed by atoms with Crippen molar-refractivity contribution in [1.29, 1.82) is 0 Å². The highest BCUT2D eigenvalue weighted by Crippen LogP contribution is 2.25. The third-order valence-corrected chi connectivity index (χ3v) is 4.12. The minimum Gasteiger partial charge on any atom is -0.475 e. The number of nitrogens with zero attached hydrogens (tertiary/aromatic N) is 2. The van der Waals surface area contributed by atoms with Crippen LogP contribution in [-0.2, 0) is 4.74 Å². The Morgan fingerprint density at radius 3 is 2.78 bits per heavy atom. The first-order valence-corrected chi connectivity index (χ1v) is 9.32. The molecule has 142 valence electrons. The molecule has 0 unspecified atom stereocenters. The van der Waals surface area contributed by atoms with E-state index in [1.54, 1.807) is 24.5 Å². The molecule has 0 aromatic carbocycles. The monoisotopic (exact) mass is 387 g/mol. The minimum atomic E-state index is -0.287. The molecule has 0 saturated carbocycles. The summed E-state index contributed by atoms with van der Waals surface area (Å²) in [6.07, 6.45) is 3.05. The van der Waals surface area contributed by atoms with Crippen molar-refractivity contribution >= 4 is 22.4 Å². The number of hydrogen-bond acceptors (Lipinski definition) is 7. The van der Waals surface area contributed by atoms with Gasteiger partial charge in [0.15, 0.2) is 10.9 Å². The first kappa shape index (κ1) is 19.1. The molecule has 3 rings (SSSR count). The lowest BCUT2D eigenvalue weighted by molar-refractivity contribution is -0.0168. The number of aromatic nitrogens is 2. The first-order chi connectivity index (χ1) is 12.9. The highest BCUT2D eigenvalue weighted by molar-refractivity contribution is 7.14. The van der Waals surface area contributed by atoms with Crippen molar-refractivity contribution < 1.29 is 18.7 Å². The second-order valence-corrected chi connectivity index (χ2v) is 7.52. The summed E-state index contributed by atoms with van der Waals surface area (Å²) in [4.78, 5) is 20.8. The number of rotatable bonds is 7. The van der Waals surface area contributed by atoms with E-state index >= 15 is 0 Å². The maximum absolute atomic E-state index is 12.3. The maximum atomic E-state index is 12.3. The van der Waals surface area contributed by atoms with Crippen molar-refractivity contribution in [2.45, 2.75) is 26.4 Å². The summed E-state index contributed by atoms with van der Waals surface area (Å²) in [7, 11) is 0. The third kappa shape index (κ3) is 5.63. The van der Waals surface area contributed by atoms with E-state index < -0.39 is 0 Å². The zero-order valence-corrected chi connectivity index (χ0v) is 16.2. The Balaban J connectivity index is 1.52. The van der Waals surface area contributed by atoms with Gasteiger partial charge in [-0.05, 0) is 39.0 Å². The number of nitrogens with one attached hydrogen (secondary N) is 1. The lowest BCUT2D eigenvalue weighted by Crippen LogP contribution is -2.22. The van der Waals surface area contributed by atoms with Gasteiger partial charge in [-0.2, -0.15) is 0 Å². The Labute approximate surface area is 161 Å². The van der Waals surface area contributed by atoms with Gasteiger partial charge in [0.2, 0.25) is 5.88 Å². The van der Waals surface area contributed by atoms with Crippen LogP contribution in [0.4, 0.5) is 5.13 Å². The van der Waals surface area contributed by atoms with Gasteiger partial charge in [0.25, 0.3) is 5.91 Å². The van der Waals surface area contributed by atoms with Crippen molar-refractivity contribution in [2.75, 3.05) is 18.5 Å². The molecule has 0 bridgehead atoms. The molecule has 0 saturated heterocycles.